The molecule has 2 atom stereocenters. The minimum Gasteiger partial charge on any atom is -0.373 e. The van der Waals surface area contributed by atoms with E-state index in [2.05, 4.69) is 24.1 Å². The molecule has 4 saturated carbocycles. The highest BCUT2D eigenvalue weighted by molar-refractivity contribution is 5.84. The molecule has 6 fully saturated rings. The molecule has 2 heterocycles. The maximum absolute atomic E-state index is 13.1. The lowest BCUT2D eigenvalue weighted by atomic mass is 9.49. The van der Waals surface area contributed by atoms with E-state index >= 15 is 0 Å². The van der Waals surface area contributed by atoms with E-state index in [1.807, 2.05) is 4.90 Å². The fourth-order valence-corrected chi connectivity index (χ4v) is 8.01. The summed E-state index contributed by atoms with van der Waals surface area (Å²) in [6.07, 6.45) is 10.4. The van der Waals surface area contributed by atoms with Crippen LogP contribution in [0.1, 0.15) is 71.6 Å². The predicted octanol–water partition coefficient (Wildman–Crippen LogP) is 2.81. The third-order valence-electron chi connectivity index (χ3n) is 8.93. The number of hydrogen-bond acceptors (Lipinski definition) is 4. The molecule has 4 aliphatic carbocycles. The van der Waals surface area contributed by atoms with Gasteiger partial charge in [-0.1, -0.05) is 0 Å². The smallest absolute Gasteiger partial charge is 0.226 e. The molecule has 6 aliphatic rings. The quantitative estimate of drug-likeness (QED) is 0.727. The normalized spacial score (nSPS) is 40.8. The zero-order valence-corrected chi connectivity index (χ0v) is 19.5. The van der Waals surface area contributed by atoms with Gasteiger partial charge in [-0.15, -0.1) is 0 Å². The third kappa shape index (κ3) is 4.52. The highest BCUT2D eigenvalue weighted by Gasteiger charge is 2.54. The lowest BCUT2D eigenvalue weighted by molar-refractivity contribution is -0.146. The number of amides is 2. The molecular weight excluding hydrogens is 390 g/mol. The fraction of sp³-hybridized carbons (Fsp3) is 0.920. The highest BCUT2D eigenvalue weighted by atomic mass is 16.5. The molecule has 0 spiro atoms. The standard InChI is InChI=1S/C25H41N3O3/c1-17-15-28(16-18(2)31-17)22-4-7-27(8-5-22)23(29)3-6-26-24(30)25-12-19-9-20(13-25)11-21(10-19)14-25/h17-22H,3-16H2,1-2H3,(H,26,30)/t17-,18-,19?,20?,21?,25?/m1/s1. The van der Waals surface area contributed by atoms with Gasteiger partial charge in [0.2, 0.25) is 11.8 Å². The summed E-state index contributed by atoms with van der Waals surface area (Å²) >= 11 is 0. The van der Waals surface area contributed by atoms with E-state index in [0.717, 1.165) is 76.0 Å². The Morgan fingerprint density at radius 2 is 1.48 bits per heavy atom. The van der Waals surface area contributed by atoms with Crippen molar-refractivity contribution in [3.05, 3.63) is 0 Å². The molecule has 0 aromatic heterocycles. The molecule has 2 amide bonds. The first-order valence-electron chi connectivity index (χ1n) is 12.9. The van der Waals surface area contributed by atoms with Crippen molar-refractivity contribution in [2.24, 2.45) is 23.2 Å². The molecule has 0 aromatic rings. The van der Waals surface area contributed by atoms with Crippen molar-refractivity contribution in [2.75, 3.05) is 32.7 Å². The molecule has 4 bridgehead atoms. The summed E-state index contributed by atoms with van der Waals surface area (Å²) in [6.45, 7) is 8.48. The first kappa shape index (κ1) is 21.7. The van der Waals surface area contributed by atoms with Gasteiger partial charge in [0, 0.05) is 50.6 Å². The summed E-state index contributed by atoms with van der Waals surface area (Å²) in [5.41, 5.74) is -0.109. The molecule has 0 unspecified atom stereocenters. The third-order valence-corrected chi connectivity index (χ3v) is 8.93. The van der Waals surface area contributed by atoms with Crippen LogP contribution in [0.5, 0.6) is 0 Å². The van der Waals surface area contributed by atoms with Crippen LogP contribution >= 0.6 is 0 Å². The number of nitrogens with one attached hydrogen (secondary N) is 1. The Hall–Kier alpha value is -1.14. The Bertz CT molecular complexity index is 642. The largest absolute Gasteiger partial charge is 0.373 e. The molecule has 0 aromatic carbocycles. The molecule has 0 radical (unpaired) electrons. The maximum Gasteiger partial charge on any atom is 0.226 e. The molecule has 6 heteroatoms. The Labute approximate surface area is 187 Å². The summed E-state index contributed by atoms with van der Waals surface area (Å²) in [5.74, 6) is 2.77. The number of nitrogens with zero attached hydrogens (tertiary/aromatic N) is 2. The topological polar surface area (TPSA) is 61.9 Å². The van der Waals surface area contributed by atoms with E-state index in [-0.39, 0.29) is 17.2 Å². The molecule has 31 heavy (non-hydrogen) atoms. The van der Waals surface area contributed by atoms with Crippen LogP contribution in [0.3, 0.4) is 0 Å². The average Bonchev–Trinajstić information content (AvgIpc) is 2.72. The number of hydrogen-bond donors (Lipinski definition) is 1. The summed E-state index contributed by atoms with van der Waals surface area (Å²) in [7, 11) is 0. The summed E-state index contributed by atoms with van der Waals surface area (Å²) < 4.78 is 5.87. The van der Waals surface area contributed by atoms with Crippen molar-refractivity contribution in [2.45, 2.75) is 89.9 Å². The second-order valence-electron chi connectivity index (χ2n) is 11.5. The SMILES string of the molecule is C[C@@H]1CN(C2CCN(C(=O)CCNC(=O)C34CC5CC(CC(C5)C3)C4)CC2)C[C@@H](C)O1. The number of carbonyl (C=O) groups excluding carboxylic acids is 2. The Balaban J connectivity index is 1.05. The van der Waals surface area contributed by atoms with Crippen LogP contribution in [0.15, 0.2) is 0 Å². The van der Waals surface area contributed by atoms with Crippen molar-refractivity contribution in [1.82, 2.24) is 15.1 Å². The summed E-state index contributed by atoms with van der Waals surface area (Å²) in [6, 6.07) is 0.564. The number of likely N-dealkylation sites (tertiary alicyclic amines) is 1. The Morgan fingerprint density at radius 1 is 0.935 bits per heavy atom. The van der Waals surface area contributed by atoms with Crippen LogP contribution < -0.4 is 5.32 Å². The van der Waals surface area contributed by atoms with Gasteiger partial charge in [0.1, 0.15) is 0 Å². The van der Waals surface area contributed by atoms with Crippen LogP contribution in [0.25, 0.3) is 0 Å². The van der Waals surface area contributed by atoms with Crippen LogP contribution in [-0.4, -0.2) is 72.6 Å². The van der Waals surface area contributed by atoms with E-state index < -0.39 is 0 Å². The van der Waals surface area contributed by atoms with Crippen molar-refractivity contribution >= 4 is 11.8 Å². The van der Waals surface area contributed by atoms with Gasteiger partial charge in [-0.2, -0.15) is 0 Å². The number of morpholine rings is 1. The number of carbonyl (C=O) groups is 2. The van der Waals surface area contributed by atoms with Crippen molar-refractivity contribution in [3.8, 4) is 0 Å². The predicted molar refractivity (Wildman–Crippen MR) is 119 cm³/mol. The highest BCUT2D eigenvalue weighted by Crippen LogP contribution is 2.60. The number of ether oxygens (including phenoxy) is 1. The molecule has 6 rings (SSSR count). The van der Waals surface area contributed by atoms with E-state index in [1.54, 1.807) is 0 Å². The van der Waals surface area contributed by atoms with Gasteiger partial charge >= 0.3 is 0 Å². The molecule has 6 nitrogen and oxygen atoms in total. The lowest BCUT2D eigenvalue weighted by Crippen LogP contribution is -2.54. The number of piperidine rings is 1. The molecule has 1 N–H and O–H groups in total. The van der Waals surface area contributed by atoms with Gasteiger partial charge in [-0.05, 0) is 83.0 Å². The zero-order chi connectivity index (χ0) is 21.6. The van der Waals surface area contributed by atoms with E-state index in [1.165, 1.54) is 19.3 Å². The lowest BCUT2D eigenvalue weighted by Gasteiger charge is -2.55. The summed E-state index contributed by atoms with van der Waals surface area (Å²) in [5, 5.41) is 3.17. The molecule has 2 saturated heterocycles. The Morgan fingerprint density at radius 3 is 2.03 bits per heavy atom. The second-order valence-corrected chi connectivity index (χ2v) is 11.5. The minimum absolute atomic E-state index is 0.109. The first-order valence-corrected chi connectivity index (χ1v) is 12.9. The average molecular weight is 432 g/mol. The van der Waals surface area contributed by atoms with Crippen molar-refractivity contribution < 1.29 is 14.3 Å². The molecule has 2 aliphatic heterocycles. The fourth-order valence-electron chi connectivity index (χ4n) is 8.01. The number of rotatable bonds is 5. The van der Waals surface area contributed by atoms with Gasteiger partial charge < -0.3 is 15.0 Å². The molecular formula is C25H41N3O3. The van der Waals surface area contributed by atoms with Gasteiger partial charge in [0.15, 0.2) is 0 Å². The van der Waals surface area contributed by atoms with Gasteiger partial charge in [0.05, 0.1) is 12.2 Å². The Kier molecular flexibility index (Phi) is 6.06. The van der Waals surface area contributed by atoms with Crippen LogP contribution in [0.2, 0.25) is 0 Å². The van der Waals surface area contributed by atoms with E-state index in [4.69, 9.17) is 4.74 Å². The van der Waals surface area contributed by atoms with E-state index in [0.29, 0.717) is 31.2 Å². The van der Waals surface area contributed by atoms with Crippen LogP contribution in [0.4, 0.5) is 0 Å². The minimum atomic E-state index is -0.109. The summed E-state index contributed by atoms with van der Waals surface area (Å²) in [4.78, 5) is 30.4. The van der Waals surface area contributed by atoms with E-state index in [9.17, 15) is 9.59 Å². The van der Waals surface area contributed by atoms with Crippen LogP contribution in [0, 0.1) is 23.2 Å². The second kappa shape index (κ2) is 8.66. The van der Waals surface area contributed by atoms with Gasteiger partial charge in [0.25, 0.3) is 0 Å². The van der Waals surface area contributed by atoms with Gasteiger partial charge in [-0.3, -0.25) is 14.5 Å². The van der Waals surface area contributed by atoms with Gasteiger partial charge in [-0.25, -0.2) is 0 Å². The van der Waals surface area contributed by atoms with Crippen LogP contribution in [-0.2, 0) is 14.3 Å². The van der Waals surface area contributed by atoms with Crippen molar-refractivity contribution in [1.29, 1.82) is 0 Å². The maximum atomic E-state index is 13.1. The molecule has 174 valence electrons. The monoisotopic (exact) mass is 431 g/mol. The zero-order valence-electron chi connectivity index (χ0n) is 19.5. The van der Waals surface area contributed by atoms with Crippen molar-refractivity contribution in [3.63, 3.8) is 0 Å². The first-order chi connectivity index (χ1) is 14.9.